The molecule has 0 radical (unpaired) electrons. The lowest BCUT2D eigenvalue weighted by molar-refractivity contribution is -0.0232. The van der Waals surface area contributed by atoms with Crippen molar-refractivity contribution in [2.75, 3.05) is 13.1 Å². The van der Waals surface area contributed by atoms with Gasteiger partial charge in [0, 0.05) is 24.5 Å². The van der Waals surface area contributed by atoms with E-state index in [2.05, 4.69) is 20.8 Å². The van der Waals surface area contributed by atoms with Gasteiger partial charge in [0.25, 0.3) is 0 Å². The predicted molar refractivity (Wildman–Crippen MR) is 109 cm³/mol. The number of carbonyl (C=O) groups excluding carboxylic acids is 1. The van der Waals surface area contributed by atoms with Gasteiger partial charge in [0.2, 0.25) is 0 Å². The van der Waals surface area contributed by atoms with Gasteiger partial charge >= 0.3 is 13.2 Å². The van der Waals surface area contributed by atoms with E-state index in [-0.39, 0.29) is 23.9 Å². The molecule has 0 spiro atoms. The predicted octanol–water partition coefficient (Wildman–Crippen LogP) is 3.37. The Morgan fingerprint density at radius 2 is 2.00 bits per heavy atom. The van der Waals surface area contributed by atoms with Crippen LogP contribution < -0.4 is 10.2 Å². The van der Waals surface area contributed by atoms with Gasteiger partial charge in [0.05, 0.1) is 12.1 Å². The molecule has 1 aromatic carbocycles. The van der Waals surface area contributed by atoms with Crippen LogP contribution in [0.25, 0.3) is 0 Å². The first kappa shape index (κ1) is 21.0. The van der Waals surface area contributed by atoms with Gasteiger partial charge in [-0.15, -0.1) is 0 Å². The van der Waals surface area contributed by atoms with E-state index in [0.29, 0.717) is 13.1 Å². The molecule has 0 bridgehead atoms. The minimum absolute atomic E-state index is 0.0808. The Labute approximate surface area is 168 Å². The number of amides is 1. The Morgan fingerprint density at radius 3 is 2.68 bits per heavy atom. The largest absolute Gasteiger partial charge is 0.498 e. The first-order valence-electron chi connectivity index (χ1n) is 10.1. The van der Waals surface area contributed by atoms with Crippen LogP contribution in [0.4, 0.5) is 4.79 Å². The average molecular weight is 389 g/mol. The van der Waals surface area contributed by atoms with Crippen molar-refractivity contribution >= 4 is 18.7 Å². The van der Waals surface area contributed by atoms with Crippen LogP contribution in [0.3, 0.4) is 0 Å². The number of para-hydroxylation sites is 1. The summed E-state index contributed by atoms with van der Waals surface area (Å²) in [5, 5.41) is 0. The van der Waals surface area contributed by atoms with E-state index in [1.54, 1.807) is 4.90 Å². The van der Waals surface area contributed by atoms with Crippen molar-refractivity contribution in [1.82, 2.24) is 4.90 Å². The summed E-state index contributed by atoms with van der Waals surface area (Å²) in [4.78, 5) is 14.0. The van der Waals surface area contributed by atoms with E-state index in [1.165, 1.54) is 0 Å². The van der Waals surface area contributed by atoms with Gasteiger partial charge in [-0.25, -0.2) is 4.79 Å². The van der Waals surface area contributed by atoms with Crippen molar-refractivity contribution < 1.29 is 23.6 Å². The number of likely N-dealkylation sites (tertiary alicyclic amines) is 1. The molecule has 2 aliphatic heterocycles. The molecule has 2 fully saturated rings. The van der Waals surface area contributed by atoms with Crippen LogP contribution in [0.15, 0.2) is 24.3 Å². The van der Waals surface area contributed by atoms with Crippen molar-refractivity contribution in [1.29, 1.82) is 0 Å². The molecule has 6 nitrogen and oxygen atoms in total. The maximum atomic E-state index is 12.3. The minimum Gasteiger partial charge on any atom is -0.489 e. The van der Waals surface area contributed by atoms with Crippen LogP contribution in [-0.2, 0) is 14.0 Å². The molecule has 0 aromatic heterocycles. The van der Waals surface area contributed by atoms with Crippen LogP contribution in [0, 0.1) is 0 Å². The molecule has 0 saturated carbocycles. The SMILES string of the molecule is CC1CC(C)(C)OB(c2ccccc2OC2CCN(C(=O)OC(C)(C)C)C2)O1. The summed E-state index contributed by atoms with van der Waals surface area (Å²) in [6.07, 6.45) is 1.35. The standard InChI is InChI=1S/C21H32BNO5/c1-15-13-21(5,6)28-22(27-15)17-9-7-8-10-18(17)25-16-11-12-23(14-16)19(24)26-20(2,3)4/h7-10,15-16H,11-14H2,1-6H3. The topological polar surface area (TPSA) is 57.2 Å². The van der Waals surface area contributed by atoms with E-state index in [0.717, 1.165) is 24.1 Å². The smallest absolute Gasteiger partial charge is 0.489 e. The van der Waals surface area contributed by atoms with Gasteiger partial charge in [0.15, 0.2) is 0 Å². The Bertz CT molecular complexity index is 702. The third-order valence-electron chi connectivity index (χ3n) is 4.82. The zero-order chi connectivity index (χ0) is 20.5. The monoisotopic (exact) mass is 389 g/mol. The lowest BCUT2D eigenvalue weighted by Crippen LogP contribution is -2.52. The lowest BCUT2D eigenvalue weighted by atomic mass is 9.74. The third kappa shape index (κ3) is 5.42. The molecular formula is C21H32BNO5. The summed E-state index contributed by atoms with van der Waals surface area (Å²) in [6.45, 7) is 13.0. The highest BCUT2D eigenvalue weighted by Crippen LogP contribution is 2.27. The second kappa shape index (κ2) is 7.95. The third-order valence-corrected chi connectivity index (χ3v) is 4.82. The van der Waals surface area contributed by atoms with E-state index < -0.39 is 12.7 Å². The van der Waals surface area contributed by atoms with Crippen molar-refractivity contribution in [3.05, 3.63) is 24.3 Å². The lowest BCUT2D eigenvalue weighted by Gasteiger charge is -2.38. The van der Waals surface area contributed by atoms with Crippen LogP contribution >= 0.6 is 0 Å². The van der Waals surface area contributed by atoms with Gasteiger partial charge in [-0.2, -0.15) is 0 Å². The summed E-state index contributed by atoms with van der Waals surface area (Å²) in [5.41, 5.74) is 0.135. The number of carbonyl (C=O) groups is 1. The molecule has 2 unspecified atom stereocenters. The fourth-order valence-corrected chi connectivity index (χ4v) is 3.73. The Morgan fingerprint density at radius 1 is 1.29 bits per heavy atom. The summed E-state index contributed by atoms with van der Waals surface area (Å²) in [5.74, 6) is 0.744. The summed E-state index contributed by atoms with van der Waals surface area (Å²) < 4.78 is 23.9. The molecule has 0 N–H and O–H groups in total. The fourth-order valence-electron chi connectivity index (χ4n) is 3.73. The second-order valence-electron chi connectivity index (χ2n) is 9.35. The number of rotatable bonds is 3. The quantitative estimate of drug-likeness (QED) is 0.742. The van der Waals surface area contributed by atoms with E-state index >= 15 is 0 Å². The molecule has 3 rings (SSSR count). The highest BCUT2D eigenvalue weighted by molar-refractivity contribution is 6.62. The molecule has 2 atom stereocenters. The molecule has 2 aliphatic rings. The average Bonchev–Trinajstić information content (AvgIpc) is 3.00. The Hall–Kier alpha value is -1.73. The first-order chi connectivity index (χ1) is 13.0. The number of nitrogens with zero attached hydrogens (tertiary/aromatic N) is 1. The van der Waals surface area contributed by atoms with Gasteiger partial charge in [0.1, 0.15) is 17.5 Å². The molecule has 2 saturated heterocycles. The number of hydrogen-bond donors (Lipinski definition) is 0. The van der Waals surface area contributed by atoms with Gasteiger partial charge in [-0.1, -0.05) is 18.2 Å². The summed E-state index contributed by atoms with van der Waals surface area (Å²) in [7, 11) is -0.460. The molecule has 1 aromatic rings. The Balaban J connectivity index is 1.67. The van der Waals surface area contributed by atoms with E-state index in [9.17, 15) is 4.79 Å². The van der Waals surface area contributed by atoms with E-state index in [1.807, 2.05) is 45.0 Å². The maximum absolute atomic E-state index is 12.3. The van der Waals surface area contributed by atoms with Gasteiger partial charge < -0.3 is 23.7 Å². The van der Waals surface area contributed by atoms with Crippen molar-refractivity contribution in [3.63, 3.8) is 0 Å². The molecule has 1 amide bonds. The van der Waals surface area contributed by atoms with Crippen molar-refractivity contribution in [2.24, 2.45) is 0 Å². The van der Waals surface area contributed by atoms with Crippen LogP contribution in [0.1, 0.15) is 54.4 Å². The van der Waals surface area contributed by atoms with Crippen molar-refractivity contribution in [3.8, 4) is 5.75 Å². The Kier molecular flexibility index (Phi) is 5.96. The van der Waals surface area contributed by atoms with E-state index in [4.69, 9.17) is 18.8 Å². The first-order valence-corrected chi connectivity index (χ1v) is 10.1. The number of hydrogen-bond acceptors (Lipinski definition) is 5. The number of benzene rings is 1. The molecule has 2 heterocycles. The second-order valence-corrected chi connectivity index (χ2v) is 9.35. The van der Waals surface area contributed by atoms with Crippen LogP contribution in [0.5, 0.6) is 5.75 Å². The van der Waals surface area contributed by atoms with Crippen LogP contribution in [0.2, 0.25) is 0 Å². The fraction of sp³-hybridized carbons (Fsp3) is 0.667. The zero-order valence-electron chi connectivity index (χ0n) is 17.9. The minimum atomic E-state index is -0.498. The van der Waals surface area contributed by atoms with Crippen molar-refractivity contribution in [2.45, 2.75) is 77.8 Å². The highest BCUT2D eigenvalue weighted by Gasteiger charge is 2.40. The van der Waals surface area contributed by atoms with Crippen LogP contribution in [-0.4, -0.2) is 54.6 Å². The molecular weight excluding hydrogens is 357 g/mol. The van der Waals surface area contributed by atoms with Gasteiger partial charge in [-0.05, 0) is 54.0 Å². The molecule has 154 valence electrons. The molecule has 0 aliphatic carbocycles. The molecule has 7 heteroatoms. The summed E-state index contributed by atoms with van der Waals surface area (Å²) >= 11 is 0. The number of ether oxygens (including phenoxy) is 2. The highest BCUT2D eigenvalue weighted by atomic mass is 16.6. The zero-order valence-corrected chi connectivity index (χ0v) is 17.9. The molecule has 28 heavy (non-hydrogen) atoms. The summed E-state index contributed by atoms with van der Waals surface area (Å²) in [6, 6.07) is 7.82. The maximum Gasteiger partial charge on any atom is 0.498 e. The van der Waals surface area contributed by atoms with Gasteiger partial charge in [-0.3, -0.25) is 0 Å². The normalized spacial score (nSPS) is 24.9.